The van der Waals surface area contributed by atoms with Gasteiger partial charge in [-0.05, 0) is 17.5 Å². The van der Waals surface area contributed by atoms with Gasteiger partial charge in [-0.25, -0.2) is 4.98 Å². The van der Waals surface area contributed by atoms with Crippen LogP contribution in [0.15, 0.2) is 34.9 Å². The minimum Gasteiger partial charge on any atom is -0.444 e. The Kier molecular flexibility index (Phi) is 4.53. The standard InChI is InChI=1S/C15H20N2O/c1-3-12-5-7-13(8-6-12)9-16-11-15-17-10-14(4-2)18-15/h5-8,10,16H,3-4,9,11H2,1-2H3. The number of nitrogens with zero attached hydrogens (tertiary/aromatic N) is 1. The zero-order valence-corrected chi connectivity index (χ0v) is 11.1. The van der Waals surface area contributed by atoms with E-state index in [9.17, 15) is 0 Å². The molecule has 1 heterocycles. The minimum atomic E-state index is 0.676. The Morgan fingerprint density at radius 2 is 1.72 bits per heavy atom. The Bertz CT molecular complexity index is 473. The summed E-state index contributed by atoms with van der Waals surface area (Å²) in [6, 6.07) is 8.69. The van der Waals surface area contributed by atoms with Crippen LogP contribution in [-0.4, -0.2) is 4.98 Å². The molecule has 0 aliphatic heterocycles. The van der Waals surface area contributed by atoms with E-state index in [1.807, 2.05) is 0 Å². The molecule has 0 unspecified atom stereocenters. The Morgan fingerprint density at radius 3 is 2.33 bits per heavy atom. The smallest absolute Gasteiger partial charge is 0.208 e. The molecule has 1 aromatic carbocycles. The van der Waals surface area contributed by atoms with Crippen molar-refractivity contribution in [3.05, 3.63) is 53.2 Å². The number of hydrogen-bond acceptors (Lipinski definition) is 3. The molecule has 0 saturated carbocycles. The van der Waals surface area contributed by atoms with Gasteiger partial charge in [-0.1, -0.05) is 38.1 Å². The summed E-state index contributed by atoms with van der Waals surface area (Å²) in [6.07, 6.45) is 3.78. The molecule has 0 fully saturated rings. The lowest BCUT2D eigenvalue weighted by Crippen LogP contribution is -2.12. The Balaban J connectivity index is 1.80. The summed E-state index contributed by atoms with van der Waals surface area (Å²) in [7, 11) is 0. The summed E-state index contributed by atoms with van der Waals surface area (Å²) >= 11 is 0. The maximum atomic E-state index is 5.53. The van der Waals surface area contributed by atoms with Crippen molar-refractivity contribution in [1.29, 1.82) is 0 Å². The molecule has 0 amide bonds. The number of aryl methyl sites for hydroxylation is 2. The highest BCUT2D eigenvalue weighted by Crippen LogP contribution is 2.06. The molecule has 0 aliphatic carbocycles. The molecule has 18 heavy (non-hydrogen) atoms. The summed E-state index contributed by atoms with van der Waals surface area (Å²) in [4.78, 5) is 4.22. The lowest BCUT2D eigenvalue weighted by molar-refractivity contribution is 0.439. The fraction of sp³-hybridized carbons (Fsp3) is 0.400. The van der Waals surface area contributed by atoms with Crippen LogP contribution in [0.5, 0.6) is 0 Å². The number of rotatable bonds is 6. The molecule has 96 valence electrons. The lowest BCUT2D eigenvalue weighted by Gasteiger charge is -2.03. The highest BCUT2D eigenvalue weighted by atomic mass is 16.4. The molecule has 0 radical (unpaired) electrons. The van der Waals surface area contributed by atoms with E-state index >= 15 is 0 Å². The molecule has 2 rings (SSSR count). The number of nitrogens with one attached hydrogen (secondary N) is 1. The molecular weight excluding hydrogens is 224 g/mol. The van der Waals surface area contributed by atoms with Crippen molar-refractivity contribution in [2.75, 3.05) is 0 Å². The third kappa shape index (κ3) is 3.44. The van der Waals surface area contributed by atoms with Crippen molar-refractivity contribution < 1.29 is 4.42 Å². The van der Waals surface area contributed by atoms with Gasteiger partial charge in [0.2, 0.25) is 5.89 Å². The van der Waals surface area contributed by atoms with E-state index in [0.29, 0.717) is 6.54 Å². The highest BCUT2D eigenvalue weighted by Gasteiger charge is 2.01. The highest BCUT2D eigenvalue weighted by molar-refractivity contribution is 5.22. The zero-order valence-electron chi connectivity index (χ0n) is 11.1. The number of oxazole rings is 1. The van der Waals surface area contributed by atoms with Gasteiger partial charge in [0.25, 0.3) is 0 Å². The molecular formula is C15H20N2O. The minimum absolute atomic E-state index is 0.676. The molecule has 0 spiro atoms. The fourth-order valence-corrected chi connectivity index (χ4v) is 1.80. The first-order valence-corrected chi connectivity index (χ1v) is 6.54. The second-order valence-electron chi connectivity index (χ2n) is 4.35. The van der Waals surface area contributed by atoms with Crippen LogP contribution in [0.25, 0.3) is 0 Å². The van der Waals surface area contributed by atoms with Crippen molar-refractivity contribution in [2.45, 2.75) is 39.8 Å². The van der Waals surface area contributed by atoms with Gasteiger partial charge in [0, 0.05) is 13.0 Å². The Hall–Kier alpha value is -1.61. The SMILES string of the molecule is CCc1ccc(CNCc2ncc(CC)o2)cc1. The molecule has 1 aromatic heterocycles. The van der Waals surface area contributed by atoms with Crippen LogP contribution in [0.1, 0.15) is 36.6 Å². The van der Waals surface area contributed by atoms with Crippen molar-refractivity contribution in [3.8, 4) is 0 Å². The topological polar surface area (TPSA) is 38.1 Å². The van der Waals surface area contributed by atoms with Crippen LogP contribution in [0.2, 0.25) is 0 Å². The van der Waals surface area contributed by atoms with Crippen molar-refractivity contribution in [1.82, 2.24) is 10.3 Å². The molecule has 0 saturated heterocycles. The van der Waals surface area contributed by atoms with Crippen LogP contribution in [0, 0.1) is 0 Å². The number of benzene rings is 1. The average molecular weight is 244 g/mol. The van der Waals surface area contributed by atoms with E-state index < -0.39 is 0 Å². The quantitative estimate of drug-likeness (QED) is 0.848. The maximum Gasteiger partial charge on any atom is 0.208 e. The van der Waals surface area contributed by atoms with Crippen molar-refractivity contribution in [2.24, 2.45) is 0 Å². The van der Waals surface area contributed by atoms with Crippen LogP contribution in [0.4, 0.5) is 0 Å². The second kappa shape index (κ2) is 6.36. The number of aromatic nitrogens is 1. The van der Waals surface area contributed by atoms with E-state index in [2.05, 4.69) is 48.4 Å². The van der Waals surface area contributed by atoms with Crippen molar-refractivity contribution in [3.63, 3.8) is 0 Å². The van der Waals surface area contributed by atoms with Crippen LogP contribution in [0.3, 0.4) is 0 Å². The van der Waals surface area contributed by atoms with E-state index in [4.69, 9.17) is 4.42 Å². The molecule has 2 aromatic rings. The van der Waals surface area contributed by atoms with Crippen molar-refractivity contribution >= 4 is 0 Å². The Morgan fingerprint density at radius 1 is 1.00 bits per heavy atom. The van der Waals surface area contributed by atoms with Gasteiger partial charge in [-0.2, -0.15) is 0 Å². The molecule has 0 bridgehead atoms. The van der Waals surface area contributed by atoms with Gasteiger partial charge in [-0.15, -0.1) is 0 Å². The van der Waals surface area contributed by atoms with Gasteiger partial charge in [0.15, 0.2) is 0 Å². The van der Waals surface area contributed by atoms with E-state index in [-0.39, 0.29) is 0 Å². The summed E-state index contributed by atoms with van der Waals surface area (Å²) in [5.41, 5.74) is 2.66. The van der Waals surface area contributed by atoms with Gasteiger partial charge in [-0.3, -0.25) is 0 Å². The van der Waals surface area contributed by atoms with Crippen LogP contribution < -0.4 is 5.32 Å². The van der Waals surface area contributed by atoms with Gasteiger partial charge in [0.1, 0.15) is 5.76 Å². The molecule has 0 aliphatic rings. The van der Waals surface area contributed by atoms with E-state index in [1.54, 1.807) is 6.20 Å². The predicted octanol–water partition coefficient (Wildman–Crippen LogP) is 3.09. The Labute approximate surface area is 108 Å². The third-order valence-corrected chi connectivity index (χ3v) is 2.99. The lowest BCUT2D eigenvalue weighted by atomic mass is 10.1. The normalized spacial score (nSPS) is 10.8. The van der Waals surface area contributed by atoms with Gasteiger partial charge >= 0.3 is 0 Å². The largest absolute Gasteiger partial charge is 0.444 e. The molecule has 0 atom stereocenters. The summed E-state index contributed by atoms with van der Waals surface area (Å²) in [5, 5.41) is 3.34. The second-order valence-corrected chi connectivity index (χ2v) is 4.35. The summed E-state index contributed by atoms with van der Waals surface area (Å²) in [5.74, 6) is 1.70. The first-order chi connectivity index (χ1) is 8.81. The molecule has 3 heteroatoms. The number of hydrogen-bond donors (Lipinski definition) is 1. The molecule has 1 N–H and O–H groups in total. The van der Waals surface area contributed by atoms with Gasteiger partial charge in [0.05, 0.1) is 12.7 Å². The van der Waals surface area contributed by atoms with E-state index in [0.717, 1.165) is 31.0 Å². The van der Waals surface area contributed by atoms with Crippen LogP contribution >= 0.6 is 0 Å². The monoisotopic (exact) mass is 244 g/mol. The molecule has 3 nitrogen and oxygen atoms in total. The first kappa shape index (κ1) is 12.8. The first-order valence-electron chi connectivity index (χ1n) is 6.54. The van der Waals surface area contributed by atoms with E-state index in [1.165, 1.54) is 11.1 Å². The van der Waals surface area contributed by atoms with Gasteiger partial charge < -0.3 is 9.73 Å². The predicted molar refractivity (Wildman–Crippen MR) is 72.2 cm³/mol. The average Bonchev–Trinajstić information content (AvgIpc) is 2.87. The van der Waals surface area contributed by atoms with Crippen LogP contribution in [-0.2, 0) is 25.9 Å². The third-order valence-electron chi connectivity index (χ3n) is 2.99. The summed E-state index contributed by atoms with van der Waals surface area (Å²) < 4.78 is 5.53. The zero-order chi connectivity index (χ0) is 12.8. The fourth-order valence-electron chi connectivity index (χ4n) is 1.80. The maximum absolute atomic E-state index is 5.53. The summed E-state index contributed by atoms with van der Waals surface area (Å²) in [6.45, 7) is 5.75.